The molecule has 1 aliphatic rings. The molecule has 2 aromatic rings. The van der Waals surface area contributed by atoms with E-state index in [1.165, 1.54) is 18.2 Å². The van der Waals surface area contributed by atoms with Gasteiger partial charge in [-0.1, -0.05) is 12.1 Å². The molecule has 0 fully saturated rings. The van der Waals surface area contributed by atoms with Crippen LogP contribution < -0.4 is 9.47 Å². The maximum absolute atomic E-state index is 13.2. The van der Waals surface area contributed by atoms with E-state index >= 15 is 0 Å². The number of carboxylic acids is 1. The van der Waals surface area contributed by atoms with Gasteiger partial charge in [0.15, 0.2) is 11.9 Å². The summed E-state index contributed by atoms with van der Waals surface area (Å²) in [6.07, 6.45) is -2.01. The van der Waals surface area contributed by atoms with Crippen LogP contribution in [-0.4, -0.2) is 39.7 Å². The Morgan fingerprint density at radius 2 is 1.45 bits per heavy atom. The smallest absolute Gasteiger partial charge is 0.337 e. The van der Waals surface area contributed by atoms with E-state index in [4.69, 9.17) is 14.6 Å². The van der Waals surface area contributed by atoms with Crippen LogP contribution in [0.25, 0.3) is 0 Å². The standard InChI is InChI=1S/C20H14O9/c1-8(21)28-13-5-3-4-11-15(13)19(25)16-12(18(11)24)6-10(17(23)20(26)27)7-14(16)29-9(2)22/h3-7,17,23H,1-2H3,(H,26,27). The number of ketones is 2. The zero-order valence-corrected chi connectivity index (χ0v) is 15.2. The third-order valence-corrected chi connectivity index (χ3v) is 4.15. The summed E-state index contributed by atoms with van der Waals surface area (Å²) in [6, 6.07) is 6.16. The second kappa shape index (κ2) is 7.28. The van der Waals surface area contributed by atoms with E-state index in [-0.39, 0.29) is 39.3 Å². The molecule has 0 amide bonds. The van der Waals surface area contributed by atoms with Gasteiger partial charge in [-0.15, -0.1) is 0 Å². The van der Waals surface area contributed by atoms with Crippen molar-refractivity contribution in [2.75, 3.05) is 0 Å². The molecule has 148 valence electrons. The van der Waals surface area contributed by atoms with Crippen molar-refractivity contribution in [2.24, 2.45) is 0 Å². The zero-order chi connectivity index (χ0) is 21.5. The summed E-state index contributed by atoms with van der Waals surface area (Å²) in [4.78, 5) is 60.2. The molecule has 0 bridgehead atoms. The molecule has 0 aromatic heterocycles. The summed E-state index contributed by atoms with van der Waals surface area (Å²) in [7, 11) is 0. The van der Waals surface area contributed by atoms with Gasteiger partial charge in [0.1, 0.15) is 11.5 Å². The lowest BCUT2D eigenvalue weighted by molar-refractivity contribution is -0.147. The van der Waals surface area contributed by atoms with E-state index in [0.717, 1.165) is 26.0 Å². The second-order valence-corrected chi connectivity index (χ2v) is 6.21. The SMILES string of the molecule is CC(=O)Oc1cccc2c1C(=O)c1c(OC(C)=O)cc(C(O)C(=O)O)cc1C2=O. The molecule has 3 rings (SSSR count). The van der Waals surface area contributed by atoms with E-state index < -0.39 is 35.6 Å². The van der Waals surface area contributed by atoms with Crippen molar-refractivity contribution in [1.82, 2.24) is 0 Å². The molecule has 9 heteroatoms. The maximum atomic E-state index is 13.2. The van der Waals surface area contributed by atoms with Gasteiger partial charge in [0.2, 0.25) is 5.78 Å². The fraction of sp³-hybridized carbons (Fsp3) is 0.150. The second-order valence-electron chi connectivity index (χ2n) is 6.21. The highest BCUT2D eigenvalue weighted by atomic mass is 16.5. The van der Waals surface area contributed by atoms with E-state index in [1.807, 2.05) is 0 Å². The Morgan fingerprint density at radius 3 is 2.03 bits per heavy atom. The molecule has 1 atom stereocenters. The Hall–Kier alpha value is -3.85. The van der Waals surface area contributed by atoms with Gasteiger partial charge in [0.05, 0.1) is 11.1 Å². The lowest BCUT2D eigenvalue weighted by Gasteiger charge is -2.22. The summed E-state index contributed by atoms with van der Waals surface area (Å²) in [5.74, 6) is -5.08. The first-order valence-corrected chi connectivity index (χ1v) is 8.29. The number of hydrogen-bond acceptors (Lipinski definition) is 8. The lowest BCUT2D eigenvalue weighted by atomic mass is 9.81. The topological polar surface area (TPSA) is 144 Å². The first-order chi connectivity index (χ1) is 13.6. The minimum absolute atomic E-state index is 0.0722. The van der Waals surface area contributed by atoms with Crippen molar-refractivity contribution < 1.29 is 43.7 Å². The third-order valence-electron chi connectivity index (χ3n) is 4.15. The average Bonchev–Trinajstić information content (AvgIpc) is 2.63. The van der Waals surface area contributed by atoms with Crippen LogP contribution in [0.4, 0.5) is 0 Å². The summed E-state index contributed by atoms with van der Waals surface area (Å²) < 4.78 is 10.0. The number of esters is 2. The number of fused-ring (bicyclic) bond motifs is 2. The molecule has 2 aromatic carbocycles. The molecule has 1 unspecified atom stereocenters. The van der Waals surface area contributed by atoms with Gasteiger partial charge in [-0.2, -0.15) is 0 Å². The Morgan fingerprint density at radius 1 is 0.862 bits per heavy atom. The Kier molecular flexibility index (Phi) is 5.00. The van der Waals surface area contributed by atoms with E-state index in [9.17, 15) is 29.1 Å². The molecular weight excluding hydrogens is 384 g/mol. The van der Waals surface area contributed by atoms with Crippen molar-refractivity contribution in [2.45, 2.75) is 20.0 Å². The summed E-state index contributed by atoms with van der Waals surface area (Å²) in [5.41, 5.74) is -1.03. The van der Waals surface area contributed by atoms with Crippen LogP contribution >= 0.6 is 0 Å². The van der Waals surface area contributed by atoms with Gasteiger partial charge in [0, 0.05) is 25.0 Å². The maximum Gasteiger partial charge on any atom is 0.337 e. The Bertz CT molecular complexity index is 1100. The highest BCUT2D eigenvalue weighted by molar-refractivity contribution is 6.30. The number of benzene rings is 2. The molecule has 1 aliphatic carbocycles. The largest absolute Gasteiger partial charge is 0.479 e. The number of hydrogen-bond donors (Lipinski definition) is 2. The fourth-order valence-electron chi connectivity index (χ4n) is 3.05. The molecule has 9 nitrogen and oxygen atoms in total. The molecule has 0 aliphatic heterocycles. The van der Waals surface area contributed by atoms with Crippen LogP contribution in [0, 0.1) is 0 Å². The number of rotatable bonds is 4. The van der Waals surface area contributed by atoms with Gasteiger partial charge in [0.25, 0.3) is 0 Å². The molecular formula is C20H14O9. The number of carboxylic acid groups (broad SMARTS) is 1. The van der Waals surface area contributed by atoms with Crippen molar-refractivity contribution in [3.8, 4) is 11.5 Å². The van der Waals surface area contributed by atoms with Crippen molar-refractivity contribution in [3.63, 3.8) is 0 Å². The number of aliphatic hydroxyl groups excluding tert-OH is 1. The average molecular weight is 398 g/mol. The highest BCUT2D eigenvalue weighted by Gasteiger charge is 2.37. The highest BCUT2D eigenvalue weighted by Crippen LogP contribution is 2.39. The predicted octanol–water partition coefficient (Wildman–Crippen LogP) is 1.43. The first-order valence-electron chi connectivity index (χ1n) is 8.29. The van der Waals surface area contributed by atoms with Crippen LogP contribution in [-0.2, 0) is 14.4 Å². The summed E-state index contributed by atoms with van der Waals surface area (Å²) in [5, 5.41) is 18.9. The van der Waals surface area contributed by atoms with Crippen molar-refractivity contribution in [1.29, 1.82) is 0 Å². The summed E-state index contributed by atoms with van der Waals surface area (Å²) in [6.45, 7) is 2.19. The molecule has 0 heterocycles. The number of carbonyl (C=O) groups excluding carboxylic acids is 4. The normalized spacial score (nSPS) is 13.2. The van der Waals surface area contributed by atoms with Gasteiger partial charge in [-0.3, -0.25) is 19.2 Å². The number of aliphatic carboxylic acids is 1. The molecule has 0 spiro atoms. The quantitative estimate of drug-likeness (QED) is 0.492. The van der Waals surface area contributed by atoms with Crippen molar-refractivity contribution in [3.05, 3.63) is 58.1 Å². The molecule has 0 saturated carbocycles. The van der Waals surface area contributed by atoms with Gasteiger partial charge in [-0.25, -0.2) is 4.79 Å². The Balaban J connectivity index is 2.29. The Labute approximate surface area is 163 Å². The third kappa shape index (κ3) is 3.50. The van der Waals surface area contributed by atoms with Crippen molar-refractivity contribution >= 4 is 29.5 Å². The molecule has 2 N–H and O–H groups in total. The zero-order valence-electron chi connectivity index (χ0n) is 15.2. The first kappa shape index (κ1) is 19.9. The number of ether oxygens (including phenoxy) is 2. The van der Waals surface area contributed by atoms with Gasteiger partial charge < -0.3 is 19.7 Å². The molecule has 0 saturated heterocycles. The van der Waals surface area contributed by atoms with E-state index in [1.54, 1.807) is 0 Å². The molecule has 29 heavy (non-hydrogen) atoms. The molecule has 0 radical (unpaired) electrons. The number of aliphatic hydroxyl groups is 1. The van der Waals surface area contributed by atoms with Crippen LogP contribution in [0.15, 0.2) is 30.3 Å². The minimum Gasteiger partial charge on any atom is -0.479 e. The predicted molar refractivity (Wildman–Crippen MR) is 95.0 cm³/mol. The van der Waals surface area contributed by atoms with E-state index in [2.05, 4.69) is 0 Å². The van der Waals surface area contributed by atoms with E-state index in [0.29, 0.717) is 0 Å². The van der Waals surface area contributed by atoms with Crippen LogP contribution in [0.5, 0.6) is 11.5 Å². The van der Waals surface area contributed by atoms with Crippen LogP contribution in [0.1, 0.15) is 57.4 Å². The van der Waals surface area contributed by atoms with Gasteiger partial charge >= 0.3 is 17.9 Å². The van der Waals surface area contributed by atoms with Crippen LogP contribution in [0.2, 0.25) is 0 Å². The lowest BCUT2D eigenvalue weighted by Crippen LogP contribution is -2.25. The monoisotopic (exact) mass is 398 g/mol. The van der Waals surface area contributed by atoms with Gasteiger partial charge in [-0.05, 0) is 23.8 Å². The fourth-order valence-corrected chi connectivity index (χ4v) is 3.05. The summed E-state index contributed by atoms with van der Waals surface area (Å²) >= 11 is 0. The minimum atomic E-state index is -2.01. The van der Waals surface area contributed by atoms with Crippen LogP contribution in [0.3, 0.4) is 0 Å². The number of carbonyl (C=O) groups is 5.